The first kappa shape index (κ1) is 11.6. The molecule has 0 amide bonds. The maximum atomic E-state index is 6.16. The highest BCUT2D eigenvalue weighted by molar-refractivity contribution is 5.74. The molecule has 2 aliphatic rings. The van der Waals surface area contributed by atoms with Gasteiger partial charge in [-0.2, -0.15) is 0 Å². The second-order valence-corrected chi connectivity index (χ2v) is 5.60. The first-order valence-electron chi connectivity index (χ1n) is 7.17. The van der Waals surface area contributed by atoms with Crippen molar-refractivity contribution in [1.29, 1.82) is 0 Å². The zero-order valence-corrected chi connectivity index (χ0v) is 11.4. The van der Waals surface area contributed by atoms with Crippen molar-refractivity contribution < 1.29 is 4.74 Å². The Bertz CT molecular complexity index is 653. The maximum absolute atomic E-state index is 6.16. The van der Waals surface area contributed by atoms with Crippen LogP contribution in [0.1, 0.15) is 17.0 Å². The molecule has 0 fully saturated rings. The van der Waals surface area contributed by atoms with Gasteiger partial charge in [-0.15, -0.1) is 0 Å². The van der Waals surface area contributed by atoms with Crippen molar-refractivity contribution in [3.63, 3.8) is 0 Å². The molecule has 2 aliphatic heterocycles. The minimum absolute atomic E-state index is 0.441. The Morgan fingerprint density at radius 1 is 1.15 bits per heavy atom. The van der Waals surface area contributed by atoms with Crippen molar-refractivity contribution in [3.8, 4) is 5.75 Å². The van der Waals surface area contributed by atoms with Crippen molar-refractivity contribution >= 4 is 11.4 Å². The standard InChI is InChI=1S/C17H18N2O/c18-15-6-3-4-12-8-9-19(17(12)15)10-13-11-20-16-7-2-1-5-14(13)16/h1-7,13H,8-11,18H2. The average molecular weight is 266 g/mol. The number of nitrogens with two attached hydrogens (primary N) is 1. The van der Waals surface area contributed by atoms with Gasteiger partial charge in [0.1, 0.15) is 5.75 Å². The average Bonchev–Trinajstić information content (AvgIpc) is 3.06. The summed E-state index contributed by atoms with van der Waals surface area (Å²) in [5.41, 5.74) is 11.0. The van der Waals surface area contributed by atoms with E-state index in [9.17, 15) is 0 Å². The molecule has 1 atom stereocenters. The van der Waals surface area contributed by atoms with E-state index in [1.165, 1.54) is 16.8 Å². The number of anilines is 2. The molecule has 2 N–H and O–H groups in total. The predicted octanol–water partition coefficient (Wildman–Crippen LogP) is 2.81. The molecule has 2 heterocycles. The highest BCUT2D eigenvalue weighted by Gasteiger charge is 2.29. The molecule has 3 nitrogen and oxygen atoms in total. The molecular formula is C17H18N2O. The minimum Gasteiger partial charge on any atom is -0.493 e. The number of para-hydroxylation sites is 2. The smallest absolute Gasteiger partial charge is 0.122 e. The lowest BCUT2D eigenvalue weighted by atomic mass is 10.0. The van der Waals surface area contributed by atoms with Crippen molar-refractivity contribution in [2.24, 2.45) is 0 Å². The summed E-state index contributed by atoms with van der Waals surface area (Å²) in [6, 6.07) is 14.6. The van der Waals surface area contributed by atoms with Crippen LogP contribution in [0.15, 0.2) is 42.5 Å². The monoisotopic (exact) mass is 266 g/mol. The number of hydrogen-bond acceptors (Lipinski definition) is 3. The molecule has 4 rings (SSSR count). The Balaban J connectivity index is 1.61. The van der Waals surface area contributed by atoms with E-state index in [4.69, 9.17) is 10.5 Å². The lowest BCUT2D eigenvalue weighted by Crippen LogP contribution is -2.28. The summed E-state index contributed by atoms with van der Waals surface area (Å²) in [7, 11) is 0. The third-order valence-corrected chi connectivity index (χ3v) is 4.36. The number of nitrogens with zero attached hydrogens (tertiary/aromatic N) is 1. The molecule has 20 heavy (non-hydrogen) atoms. The van der Waals surface area contributed by atoms with E-state index < -0.39 is 0 Å². The largest absolute Gasteiger partial charge is 0.493 e. The van der Waals surface area contributed by atoms with Gasteiger partial charge in [0.15, 0.2) is 0 Å². The van der Waals surface area contributed by atoms with Crippen LogP contribution in [0.3, 0.4) is 0 Å². The van der Waals surface area contributed by atoms with Crippen molar-refractivity contribution in [1.82, 2.24) is 0 Å². The molecule has 0 saturated heterocycles. The predicted molar refractivity (Wildman–Crippen MR) is 81.4 cm³/mol. The Kier molecular flexibility index (Phi) is 2.59. The third-order valence-electron chi connectivity index (χ3n) is 4.36. The van der Waals surface area contributed by atoms with Gasteiger partial charge >= 0.3 is 0 Å². The summed E-state index contributed by atoms with van der Waals surface area (Å²) in [4.78, 5) is 2.42. The van der Waals surface area contributed by atoms with Crippen LogP contribution in [0.25, 0.3) is 0 Å². The van der Waals surface area contributed by atoms with Crippen molar-refractivity contribution in [2.75, 3.05) is 30.3 Å². The topological polar surface area (TPSA) is 38.5 Å². The minimum atomic E-state index is 0.441. The van der Waals surface area contributed by atoms with Crippen LogP contribution in [0.2, 0.25) is 0 Å². The molecule has 0 bridgehead atoms. The normalized spacial score (nSPS) is 19.6. The van der Waals surface area contributed by atoms with Crippen LogP contribution in [0.5, 0.6) is 5.75 Å². The van der Waals surface area contributed by atoms with E-state index in [1.54, 1.807) is 0 Å². The molecule has 0 aliphatic carbocycles. The van der Waals surface area contributed by atoms with Crippen LogP contribution < -0.4 is 15.4 Å². The van der Waals surface area contributed by atoms with E-state index in [0.29, 0.717) is 5.92 Å². The van der Waals surface area contributed by atoms with Gasteiger partial charge < -0.3 is 15.4 Å². The Hall–Kier alpha value is -2.16. The fraction of sp³-hybridized carbons (Fsp3) is 0.294. The number of nitrogen functional groups attached to an aromatic ring is 1. The van der Waals surface area contributed by atoms with Gasteiger partial charge in [0.2, 0.25) is 0 Å². The summed E-state index contributed by atoms with van der Waals surface area (Å²) in [5, 5.41) is 0. The summed E-state index contributed by atoms with van der Waals surface area (Å²) < 4.78 is 5.78. The highest BCUT2D eigenvalue weighted by atomic mass is 16.5. The van der Waals surface area contributed by atoms with Crippen LogP contribution >= 0.6 is 0 Å². The van der Waals surface area contributed by atoms with E-state index in [-0.39, 0.29) is 0 Å². The molecule has 0 saturated carbocycles. The maximum Gasteiger partial charge on any atom is 0.122 e. The summed E-state index contributed by atoms with van der Waals surface area (Å²) in [5.74, 6) is 1.48. The van der Waals surface area contributed by atoms with E-state index >= 15 is 0 Å². The van der Waals surface area contributed by atoms with Gasteiger partial charge in [-0.25, -0.2) is 0 Å². The molecule has 2 aromatic carbocycles. The van der Waals surface area contributed by atoms with Gasteiger partial charge in [-0.1, -0.05) is 30.3 Å². The number of rotatable bonds is 2. The van der Waals surface area contributed by atoms with E-state index in [2.05, 4.69) is 29.2 Å². The molecule has 102 valence electrons. The summed E-state index contributed by atoms with van der Waals surface area (Å²) >= 11 is 0. The van der Waals surface area contributed by atoms with Gasteiger partial charge in [0.25, 0.3) is 0 Å². The number of hydrogen-bond donors (Lipinski definition) is 1. The van der Waals surface area contributed by atoms with E-state index in [0.717, 1.165) is 37.6 Å². The van der Waals surface area contributed by atoms with Crippen LogP contribution in [-0.4, -0.2) is 19.7 Å². The fourth-order valence-electron chi connectivity index (χ4n) is 3.39. The van der Waals surface area contributed by atoms with Crippen LogP contribution in [-0.2, 0) is 6.42 Å². The van der Waals surface area contributed by atoms with Gasteiger partial charge in [-0.05, 0) is 24.1 Å². The Labute approximate surface area is 119 Å². The lowest BCUT2D eigenvalue weighted by Gasteiger charge is -2.24. The first-order chi connectivity index (χ1) is 9.83. The zero-order chi connectivity index (χ0) is 13.5. The summed E-state index contributed by atoms with van der Waals surface area (Å²) in [6.45, 7) is 2.82. The fourth-order valence-corrected chi connectivity index (χ4v) is 3.39. The van der Waals surface area contributed by atoms with Gasteiger partial charge in [0.05, 0.1) is 18.0 Å². The first-order valence-corrected chi connectivity index (χ1v) is 7.17. The highest BCUT2D eigenvalue weighted by Crippen LogP contribution is 2.38. The van der Waals surface area contributed by atoms with Crippen molar-refractivity contribution in [3.05, 3.63) is 53.6 Å². The molecule has 0 radical (unpaired) electrons. The molecule has 0 spiro atoms. The molecule has 3 heteroatoms. The SMILES string of the molecule is Nc1cccc2c1N(CC1COc3ccccc31)CC2. The van der Waals surface area contributed by atoms with Crippen LogP contribution in [0.4, 0.5) is 11.4 Å². The number of fused-ring (bicyclic) bond motifs is 2. The number of ether oxygens (including phenoxy) is 1. The quantitative estimate of drug-likeness (QED) is 0.849. The number of benzene rings is 2. The second-order valence-electron chi connectivity index (χ2n) is 5.60. The lowest BCUT2D eigenvalue weighted by molar-refractivity contribution is 0.331. The molecule has 0 aromatic heterocycles. The Morgan fingerprint density at radius 2 is 2.05 bits per heavy atom. The van der Waals surface area contributed by atoms with Gasteiger partial charge in [0, 0.05) is 24.6 Å². The summed E-state index contributed by atoms with van der Waals surface area (Å²) in [6.07, 6.45) is 1.09. The second kappa shape index (κ2) is 4.44. The molecular weight excluding hydrogens is 248 g/mol. The van der Waals surface area contributed by atoms with Crippen LogP contribution in [0, 0.1) is 0 Å². The Morgan fingerprint density at radius 3 is 3.00 bits per heavy atom. The molecule has 2 aromatic rings. The molecule has 1 unspecified atom stereocenters. The van der Waals surface area contributed by atoms with E-state index in [1.807, 2.05) is 18.2 Å². The van der Waals surface area contributed by atoms with Crippen molar-refractivity contribution in [2.45, 2.75) is 12.3 Å². The van der Waals surface area contributed by atoms with Gasteiger partial charge in [-0.3, -0.25) is 0 Å². The zero-order valence-electron chi connectivity index (χ0n) is 11.4. The third kappa shape index (κ3) is 1.73.